The Hall–Kier alpha value is -2.59. The van der Waals surface area contributed by atoms with Crippen LogP contribution >= 0.6 is 15.9 Å². The summed E-state index contributed by atoms with van der Waals surface area (Å²) in [5.41, 5.74) is 0.424. The fraction of sp³-hybridized carbons (Fsp3) is 0.158. The van der Waals surface area contributed by atoms with Crippen molar-refractivity contribution in [2.24, 2.45) is 0 Å². The highest BCUT2D eigenvalue weighted by atomic mass is 79.9. The van der Waals surface area contributed by atoms with Crippen molar-refractivity contribution in [3.8, 4) is 16.9 Å². The molecule has 0 saturated carbocycles. The smallest absolute Gasteiger partial charge is 0.321 e. The second-order valence-electron chi connectivity index (χ2n) is 5.88. The fourth-order valence-corrected chi connectivity index (χ4v) is 5.00. The molecule has 6 nitrogen and oxygen atoms in total. The number of hydrogen-bond acceptors (Lipinski definition) is 5. The SMILES string of the molecule is CCOC(=O)CS(=O)(=O)c1nn(-c2cccc(F)c2F)c(-c2ccccc2)c1Br. The summed E-state index contributed by atoms with van der Waals surface area (Å²) in [4.78, 5) is 11.7. The van der Waals surface area contributed by atoms with E-state index in [-0.39, 0.29) is 22.5 Å². The summed E-state index contributed by atoms with van der Waals surface area (Å²) < 4.78 is 59.5. The number of rotatable bonds is 6. The van der Waals surface area contributed by atoms with Gasteiger partial charge in [0.25, 0.3) is 0 Å². The normalized spacial score (nSPS) is 11.4. The second kappa shape index (κ2) is 8.42. The van der Waals surface area contributed by atoms with E-state index < -0.39 is 38.2 Å². The molecule has 0 N–H and O–H groups in total. The van der Waals surface area contributed by atoms with Crippen molar-refractivity contribution in [2.45, 2.75) is 11.9 Å². The number of hydrogen-bond donors (Lipinski definition) is 0. The Morgan fingerprint density at radius 3 is 2.48 bits per heavy atom. The van der Waals surface area contributed by atoms with Gasteiger partial charge in [0.05, 0.1) is 16.8 Å². The molecule has 3 rings (SSSR count). The van der Waals surface area contributed by atoms with Crippen molar-refractivity contribution in [3.05, 3.63) is 64.6 Å². The van der Waals surface area contributed by atoms with E-state index in [9.17, 15) is 22.0 Å². The molecule has 1 heterocycles. The van der Waals surface area contributed by atoms with Crippen LogP contribution in [0.3, 0.4) is 0 Å². The van der Waals surface area contributed by atoms with Crippen molar-refractivity contribution >= 4 is 31.7 Å². The monoisotopic (exact) mass is 484 g/mol. The van der Waals surface area contributed by atoms with Gasteiger partial charge in [-0.05, 0) is 35.0 Å². The number of halogens is 3. The number of esters is 1. The molecule has 0 aliphatic rings. The molecule has 0 radical (unpaired) electrons. The highest BCUT2D eigenvalue weighted by Crippen LogP contribution is 2.36. The van der Waals surface area contributed by atoms with Crippen molar-refractivity contribution in [1.82, 2.24) is 9.78 Å². The molecule has 0 amide bonds. The summed E-state index contributed by atoms with van der Waals surface area (Å²) in [5.74, 6) is -4.17. The van der Waals surface area contributed by atoms with Gasteiger partial charge in [-0.1, -0.05) is 36.4 Å². The van der Waals surface area contributed by atoms with Crippen molar-refractivity contribution < 1.29 is 26.7 Å². The van der Waals surface area contributed by atoms with E-state index in [1.165, 1.54) is 12.1 Å². The average Bonchev–Trinajstić information content (AvgIpc) is 3.02. The molecule has 0 unspecified atom stereocenters. The molecule has 0 aliphatic heterocycles. The summed E-state index contributed by atoms with van der Waals surface area (Å²) in [6.45, 7) is 1.57. The van der Waals surface area contributed by atoms with E-state index in [4.69, 9.17) is 4.74 Å². The summed E-state index contributed by atoms with van der Waals surface area (Å²) in [6.07, 6.45) is 0. The minimum Gasteiger partial charge on any atom is -0.465 e. The number of ether oxygens (including phenoxy) is 1. The van der Waals surface area contributed by atoms with Gasteiger partial charge in [0, 0.05) is 5.56 Å². The zero-order chi connectivity index (χ0) is 21.2. The number of sulfone groups is 1. The lowest BCUT2D eigenvalue weighted by Gasteiger charge is -2.09. The van der Waals surface area contributed by atoms with Gasteiger partial charge in [-0.15, -0.1) is 0 Å². The predicted octanol–water partition coefficient (Wildman–Crippen LogP) is 3.92. The van der Waals surface area contributed by atoms with E-state index in [2.05, 4.69) is 21.0 Å². The Balaban J connectivity index is 2.25. The molecule has 1 aromatic heterocycles. The lowest BCUT2D eigenvalue weighted by atomic mass is 10.1. The Morgan fingerprint density at radius 2 is 1.83 bits per heavy atom. The van der Waals surface area contributed by atoms with Crippen LogP contribution in [-0.4, -0.2) is 36.5 Å². The van der Waals surface area contributed by atoms with E-state index in [0.717, 1.165) is 10.7 Å². The first-order valence-electron chi connectivity index (χ1n) is 8.43. The minimum atomic E-state index is -4.22. The highest BCUT2D eigenvalue weighted by Gasteiger charge is 2.31. The van der Waals surface area contributed by atoms with Gasteiger partial charge in [-0.25, -0.2) is 21.9 Å². The maximum atomic E-state index is 14.5. The average molecular weight is 485 g/mol. The third kappa shape index (κ3) is 4.23. The predicted molar refractivity (Wildman–Crippen MR) is 105 cm³/mol. The zero-order valence-corrected chi connectivity index (χ0v) is 17.5. The van der Waals surface area contributed by atoms with Gasteiger partial charge in [0.1, 0.15) is 5.69 Å². The van der Waals surface area contributed by atoms with Crippen LogP contribution in [0, 0.1) is 11.6 Å². The van der Waals surface area contributed by atoms with E-state index in [1.54, 1.807) is 37.3 Å². The molecular weight excluding hydrogens is 470 g/mol. The van der Waals surface area contributed by atoms with Crippen LogP contribution in [-0.2, 0) is 19.4 Å². The van der Waals surface area contributed by atoms with Crippen molar-refractivity contribution in [1.29, 1.82) is 0 Å². The van der Waals surface area contributed by atoms with Crippen LogP contribution in [0.4, 0.5) is 8.78 Å². The third-order valence-electron chi connectivity index (χ3n) is 3.91. The van der Waals surface area contributed by atoms with Crippen molar-refractivity contribution in [3.63, 3.8) is 0 Å². The molecule has 0 saturated heterocycles. The molecule has 0 bridgehead atoms. The minimum absolute atomic E-state index is 0.0216. The Labute approximate surface area is 174 Å². The molecule has 0 spiro atoms. The van der Waals surface area contributed by atoms with Gasteiger partial charge in [0.2, 0.25) is 9.84 Å². The zero-order valence-electron chi connectivity index (χ0n) is 15.1. The van der Waals surface area contributed by atoms with Crippen LogP contribution in [0.15, 0.2) is 58.0 Å². The van der Waals surface area contributed by atoms with Gasteiger partial charge in [-0.3, -0.25) is 4.79 Å². The Bertz CT molecular complexity index is 1160. The summed E-state index contributed by atoms with van der Waals surface area (Å²) >= 11 is 3.21. The van der Waals surface area contributed by atoms with E-state index >= 15 is 0 Å². The van der Waals surface area contributed by atoms with E-state index in [1.807, 2.05) is 0 Å². The molecule has 0 atom stereocenters. The Morgan fingerprint density at radius 1 is 1.14 bits per heavy atom. The van der Waals surface area contributed by atoms with Gasteiger partial charge >= 0.3 is 5.97 Å². The molecule has 29 heavy (non-hydrogen) atoms. The molecular formula is C19H15BrF2N2O4S. The number of carbonyl (C=O) groups excluding carboxylic acids is 1. The molecule has 152 valence electrons. The molecule has 0 aliphatic carbocycles. The van der Waals surface area contributed by atoms with Gasteiger partial charge < -0.3 is 4.74 Å². The maximum Gasteiger partial charge on any atom is 0.321 e. The standard InChI is InChI=1S/C19H15BrF2N2O4S/c1-2-28-15(25)11-29(26,27)19-16(20)18(12-7-4-3-5-8-12)24(23-19)14-10-6-9-13(21)17(14)22/h3-10H,2,11H2,1H3. The number of aromatic nitrogens is 2. The first-order chi connectivity index (χ1) is 13.8. The topological polar surface area (TPSA) is 78.3 Å². The van der Waals surface area contributed by atoms with Crippen LogP contribution < -0.4 is 0 Å². The Kier molecular flexibility index (Phi) is 6.13. The largest absolute Gasteiger partial charge is 0.465 e. The lowest BCUT2D eigenvalue weighted by molar-refractivity contribution is -0.139. The number of benzene rings is 2. The number of carbonyl (C=O) groups is 1. The van der Waals surface area contributed by atoms with Gasteiger partial charge in [-0.2, -0.15) is 5.10 Å². The van der Waals surface area contributed by atoms with Gasteiger partial charge in [0.15, 0.2) is 22.4 Å². The quantitative estimate of drug-likeness (QED) is 0.495. The van der Waals surface area contributed by atoms with E-state index in [0.29, 0.717) is 5.56 Å². The fourth-order valence-electron chi connectivity index (χ4n) is 2.68. The summed E-state index contributed by atoms with van der Waals surface area (Å²) in [5, 5.41) is 3.53. The van der Waals surface area contributed by atoms with Crippen LogP contribution in [0.5, 0.6) is 0 Å². The third-order valence-corrected chi connectivity index (χ3v) is 6.42. The highest BCUT2D eigenvalue weighted by molar-refractivity contribution is 9.10. The molecule has 3 aromatic rings. The van der Waals surface area contributed by atoms with Crippen molar-refractivity contribution in [2.75, 3.05) is 12.4 Å². The maximum absolute atomic E-state index is 14.5. The molecule has 10 heteroatoms. The first kappa shape index (κ1) is 21.1. The van der Waals surface area contributed by atoms with Crippen LogP contribution in [0.2, 0.25) is 0 Å². The summed E-state index contributed by atoms with van der Waals surface area (Å²) in [7, 11) is -4.22. The van der Waals surface area contributed by atoms with Crippen LogP contribution in [0.25, 0.3) is 16.9 Å². The van der Waals surface area contributed by atoms with Crippen LogP contribution in [0.1, 0.15) is 6.92 Å². The second-order valence-corrected chi connectivity index (χ2v) is 8.58. The first-order valence-corrected chi connectivity index (χ1v) is 10.9. The summed E-state index contributed by atoms with van der Waals surface area (Å²) in [6, 6.07) is 12.0. The lowest BCUT2D eigenvalue weighted by Crippen LogP contribution is -2.19. The molecule has 0 fully saturated rings. The molecule has 2 aromatic carbocycles. The number of nitrogens with zero attached hydrogens (tertiary/aromatic N) is 2.